The highest BCUT2D eigenvalue weighted by Crippen LogP contribution is 2.18. The van der Waals surface area contributed by atoms with Gasteiger partial charge in [0.05, 0.1) is 0 Å². The summed E-state index contributed by atoms with van der Waals surface area (Å²) in [6.07, 6.45) is 0. The lowest BCUT2D eigenvalue weighted by Crippen LogP contribution is -1.90. The van der Waals surface area contributed by atoms with Gasteiger partial charge in [-0.1, -0.05) is 15.9 Å². The molecule has 1 aromatic rings. The summed E-state index contributed by atoms with van der Waals surface area (Å²) in [5.74, 6) is 0. The normalized spacial score (nSPS) is 9.80. The van der Waals surface area contributed by atoms with Gasteiger partial charge in [0.2, 0.25) is 0 Å². The minimum absolute atomic E-state index is 0.505. The summed E-state index contributed by atoms with van der Waals surface area (Å²) in [6, 6.07) is 5.14. The van der Waals surface area contributed by atoms with Gasteiger partial charge in [-0.15, -0.1) is 0 Å². The zero-order valence-electron chi connectivity index (χ0n) is 5.27. The van der Waals surface area contributed by atoms with Crippen molar-refractivity contribution in [3.63, 3.8) is 0 Å². The van der Waals surface area contributed by atoms with Crippen molar-refractivity contribution in [1.29, 1.82) is 0 Å². The molecule has 2 N–H and O–H groups in total. The fourth-order valence-corrected chi connectivity index (χ4v) is 1.10. The van der Waals surface area contributed by atoms with Gasteiger partial charge in [0.25, 0.3) is 0 Å². The molecule has 0 fully saturated rings. The summed E-state index contributed by atoms with van der Waals surface area (Å²) in [6.45, 7) is -0.509. The third-order valence-corrected chi connectivity index (χ3v) is 1.74. The Bertz CT molecular complexity index is 237. The molecule has 54 valence electrons. The molecule has 0 bridgehead atoms. The highest BCUT2D eigenvalue weighted by molar-refractivity contribution is 9.10. The molecular weight excluding hydrogens is 197 g/mol. The summed E-state index contributed by atoms with van der Waals surface area (Å²) >= 11 is 3.21. The van der Waals surface area contributed by atoms with Crippen LogP contribution in [0.1, 0.15) is 5.56 Å². The van der Waals surface area contributed by atoms with Crippen molar-refractivity contribution < 1.29 is 4.39 Å². The van der Waals surface area contributed by atoms with Crippen LogP contribution in [0.15, 0.2) is 22.7 Å². The average Bonchev–Trinajstić information content (AvgIpc) is 1.94. The molecule has 0 aliphatic rings. The van der Waals surface area contributed by atoms with E-state index >= 15 is 0 Å². The van der Waals surface area contributed by atoms with Crippen LogP contribution >= 0.6 is 15.9 Å². The maximum atomic E-state index is 12.1. The monoisotopic (exact) mass is 203 g/mol. The van der Waals surface area contributed by atoms with Crippen molar-refractivity contribution in [1.82, 2.24) is 0 Å². The van der Waals surface area contributed by atoms with Crippen LogP contribution in [0.3, 0.4) is 0 Å². The van der Waals surface area contributed by atoms with Gasteiger partial charge in [-0.3, -0.25) is 0 Å². The van der Waals surface area contributed by atoms with Crippen LogP contribution in [0.2, 0.25) is 0 Å². The Balaban J connectivity index is 3.09. The lowest BCUT2D eigenvalue weighted by Gasteiger charge is -1.99. The molecule has 10 heavy (non-hydrogen) atoms. The highest BCUT2D eigenvalue weighted by atomic mass is 79.9. The van der Waals surface area contributed by atoms with Crippen molar-refractivity contribution in [3.05, 3.63) is 28.2 Å². The van der Waals surface area contributed by atoms with E-state index in [2.05, 4.69) is 15.9 Å². The molecule has 0 unspecified atom stereocenters. The number of nitrogen functional groups attached to an aromatic ring is 1. The molecule has 0 saturated heterocycles. The van der Waals surface area contributed by atoms with Gasteiger partial charge in [0.15, 0.2) is 0 Å². The number of anilines is 1. The van der Waals surface area contributed by atoms with E-state index in [1.165, 1.54) is 0 Å². The van der Waals surface area contributed by atoms with E-state index in [0.717, 1.165) is 4.47 Å². The molecule has 3 heteroatoms. The molecule has 0 saturated carbocycles. The number of alkyl halides is 1. The maximum absolute atomic E-state index is 12.1. The number of nitrogens with two attached hydrogens (primary N) is 1. The molecule has 1 nitrogen and oxygen atoms in total. The zero-order valence-corrected chi connectivity index (χ0v) is 6.86. The van der Waals surface area contributed by atoms with E-state index in [9.17, 15) is 4.39 Å². The Morgan fingerprint density at radius 1 is 1.50 bits per heavy atom. The lowest BCUT2D eigenvalue weighted by atomic mass is 10.2. The summed E-state index contributed by atoms with van der Waals surface area (Å²) in [4.78, 5) is 0. The minimum Gasteiger partial charge on any atom is -0.398 e. The van der Waals surface area contributed by atoms with Crippen molar-refractivity contribution in [2.45, 2.75) is 6.67 Å². The van der Waals surface area contributed by atoms with Gasteiger partial charge < -0.3 is 5.73 Å². The van der Waals surface area contributed by atoms with E-state index in [1.807, 2.05) is 0 Å². The van der Waals surface area contributed by atoms with E-state index in [1.54, 1.807) is 18.2 Å². The first-order valence-corrected chi connectivity index (χ1v) is 3.63. The second-order valence-corrected chi connectivity index (χ2v) is 2.89. The molecule has 0 heterocycles. The number of rotatable bonds is 1. The minimum atomic E-state index is -0.509. The molecule has 0 aromatic heterocycles. The lowest BCUT2D eigenvalue weighted by molar-refractivity contribution is 0.486. The third kappa shape index (κ3) is 1.48. The molecule has 0 atom stereocenters. The Hall–Kier alpha value is -0.570. The molecule has 0 spiro atoms. The van der Waals surface area contributed by atoms with E-state index in [4.69, 9.17) is 5.73 Å². The predicted octanol–water partition coefficient (Wildman–Crippen LogP) is 2.50. The van der Waals surface area contributed by atoms with Crippen molar-refractivity contribution >= 4 is 21.6 Å². The van der Waals surface area contributed by atoms with Crippen LogP contribution in [0, 0.1) is 0 Å². The van der Waals surface area contributed by atoms with E-state index in [-0.39, 0.29) is 0 Å². The second kappa shape index (κ2) is 3.01. The number of benzene rings is 1. The summed E-state index contributed by atoms with van der Waals surface area (Å²) in [5.41, 5.74) is 6.48. The second-order valence-electron chi connectivity index (χ2n) is 1.98. The molecule has 1 rings (SSSR count). The fourth-order valence-electron chi connectivity index (χ4n) is 0.690. The largest absolute Gasteiger partial charge is 0.398 e. The topological polar surface area (TPSA) is 26.0 Å². The average molecular weight is 204 g/mol. The summed E-state index contributed by atoms with van der Waals surface area (Å²) in [7, 11) is 0. The smallest absolute Gasteiger partial charge is 0.117 e. The van der Waals surface area contributed by atoms with Gasteiger partial charge in [0, 0.05) is 15.7 Å². The first kappa shape index (κ1) is 7.54. The predicted molar refractivity (Wildman–Crippen MR) is 43.4 cm³/mol. The quantitative estimate of drug-likeness (QED) is 0.698. The van der Waals surface area contributed by atoms with Crippen LogP contribution in [0.4, 0.5) is 10.1 Å². The maximum Gasteiger partial charge on any atom is 0.117 e. The number of hydrogen-bond donors (Lipinski definition) is 1. The number of halogens is 2. The third-order valence-electron chi connectivity index (χ3n) is 1.25. The summed E-state index contributed by atoms with van der Waals surface area (Å²) in [5, 5.41) is 0. The van der Waals surface area contributed by atoms with Gasteiger partial charge in [-0.05, 0) is 18.2 Å². The van der Waals surface area contributed by atoms with Crippen LogP contribution in [0.5, 0.6) is 0 Å². The zero-order chi connectivity index (χ0) is 7.56. The van der Waals surface area contributed by atoms with Gasteiger partial charge >= 0.3 is 0 Å². The van der Waals surface area contributed by atoms with Crippen LogP contribution in [-0.4, -0.2) is 0 Å². The van der Waals surface area contributed by atoms with Crippen molar-refractivity contribution in [2.24, 2.45) is 0 Å². The Morgan fingerprint density at radius 2 is 2.20 bits per heavy atom. The van der Waals surface area contributed by atoms with Gasteiger partial charge in [-0.25, -0.2) is 4.39 Å². The molecule has 0 aliphatic heterocycles. The molecule has 1 aromatic carbocycles. The highest BCUT2D eigenvalue weighted by Gasteiger charge is 1.97. The van der Waals surface area contributed by atoms with Gasteiger partial charge in [0.1, 0.15) is 6.67 Å². The van der Waals surface area contributed by atoms with Crippen LogP contribution < -0.4 is 5.73 Å². The van der Waals surface area contributed by atoms with Crippen molar-refractivity contribution in [2.75, 3.05) is 5.73 Å². The standard InChI is InChI=1S/C7H7BrFN/c8-6-1-2-7(10)5(3-6)4-9/h1-3H,4,10H2. The Morgan fingerprint density at radius 3 is 2.70 bits per heavy atom. The molecule has 0 aliphatic carbocycles. The number of hydrogen-bond acceptors (Lipinski definition) is 1. The molecule has 0 amide bonds. The van der Waals surface area contributed by atoms with Crippen molar-refractivity contribution in [3.8, 4) is 0 Å². The first-order chi connectivity index (χ1) is 4.74. The fraction of sp³-hybridized carbons (Fsp3) is 0.143. The van der Waals surface area contributed by atoms with E-state index < -0.39 is 6.67 Å². The van der Waals surface area contributed by atoms with Gasteiger partial charge in [-0.2, -0.15) is 0 Å². The first-order valence-electron chi connectivity index (χ1n) is 2.84. The van der Waals surface area contributed by atoms with E-state index in [0.29, 0.717) is 11.3 Å². The molecular formula is C7H7BrFN. The Kier molecular flexibility index (Phi) is 2.27. The molecule has 0 radical (unpaired) electrons. The van der Waals surface area contributed by atoms with Crippen LogP contribution in [0.25, 0.3) is 0 Å². The summed E-state index contributed by atoms with van der Waals surface area (Å²) < 4.78 is 12.9. The Labute approximate surface area is 67.2 Å². The van der Waals surface area contributed by atoms with Crippen LogP contribution in [-0.2, 0) is 6.67 Å². The SMILES string of the molecule is Nc1ccc(Br)cc1CF.